The van der Waals surface area contributed by atoms with E-state index in [1.807, 2.05) is 79.7 Å². The van der Waals surface area contributed by atoms with E-state index in [-0.39, 0.29) is 42.7 Å². The summed E-state index contributed by atoms with van der Waals surface area (Å²) in [4.78, 5) is 55.3. The van der Waals surface area contributed by atoms with Crippen molar-refractivity contribution in [2.24, 2.45) is 11.8 Å². The van der Waals surface area contributed by atoms with Gasteiger partial charge in [0.1, 0.15) is 24.4 Å². The minimum Gasteiger partial charge on any atom is -0.490 e. The molecule has 0 saturated heterocycles. The summed E-state index contributed by atoms with van der Waals surface area (Å²) in [6.45, 7) is 6.42. The van der Waals surface area contributed by atoms with Gasteiger partial charge in [0.05, 0.1) is 6.61 Å². The number of carbonyl (C=O) groups is 4. The van der Waals surface area contributed by atoms with Gasteiger partial charge in [-0.05, 0) is 100 Å². The standard InChI is InChI=1S/C46H60N4O7/c1-4-55-39-17-11-16-35-30-56-37-24-20-31(21-25-37)26-27-47-43(52)38(28-32-12-7-5-8-13-32)49-44(53)41(34-14-9-6-10-15-34)50-40(51)29-33-18-22-36(23-19-33)48-45(54)46(2,3)57-42(35)39/h6,9-11,14-17,20-21,24-25,32-33,36,38,41H,4-5,7-8,12-13,18-19,22-23,26-30H2,1-3H3,(H,47,52)(H,48,54)(H,49,53)(H,50,51)/t33?,36?,38-,41+/m1/s1. The highest BCUT2D eigenvalue weighted by Crippen LogP contribution is 2.36. The Morgan fingerprint density at radius 2 is 1.51 bits per heavy atom. The fourth-order valence-electron chi connectivity index (χ4n) is 8.27. The predicted octanol–water partition coefficient (Wildman–Crippen LogP) is 6.87. The molecule has 2 aliphatic carbocycles. The van der Waals surface area contributed by atoms with Crippen LogP contribution in [0.3, 0.4) is 0 Å². The van der Waals surface area contributed by atoms with Crippen LogP contribution in [0.1, 0.15) is 114 Å². The number of benzene rings is 3. The molecule has 11 heteroatoms. The molecule has 57 heavy (non-hydrogen) atoms. The maximum absolute atomic E-state index is 14.1. The number of hydrogen-bond donors (Lipinski definition) is 4. The van der Waals surface area contributed by atoms with Crippen LogP contribution in [-0.4, -0.2) is 54.5 Å². The summed E-state index contributed by atoms with van der Waals surface area (Å²) in [5.41, 5.74) is 1.20. The molecular weight excluding hydrogens is 721 g/mol. The second kappa shape index (κ2) is 19.9. The van der Waals surface area contributed by atoms with E-state index in [4.69, 9.17) is 14.2 Å². The van der Waals surface area contributed by atoms with Gasteiger partial charge in [0.15, 0.2) is 17.1 Å². The van der Waals surface area contributed by atoms with Gasteiger partial charge in [-0.3, -0.25) is 19.2 Å². The minimum atomic E-state index is -1.22. The summed E-state index contributed by atoms with van der Waals surface area (Å²) in [6.07, 6.45) is 9.83. The zero-order valence-corrected chi connectivity index (χ0v) is 33.8. The molecule has 4 amide bonds. The van der Waals surface area contributed by atoms with E-state index < -0.39 is 23.6 Å². The van der Waals surface area contributed by atoms with Gasteiger partial charge in [-0.15, -0.1) is 0 Å². The van der Waals surface area contributed by atoms with Crippen molar-refractivity contribution in [1.29, 1.82) is 0 Å². The van der Waals surface area contributed by atoms with E-state index in [0.29, 0.717) is 67.6 Å². The predicted molar refractivity (Wildman–Crippen MR) is 219 cm³/mol. The Hall–Kier alpha value is -5.06. The normalized spacial score (nSPS) is 24.3. The van der Waals surface area contributed by atoms with E-state index >= 15 is 0 Å². The number of rotatable bonds is 5. The zero-order valence-electron chi connectivity index (χ0n) is 33.8. The van der Waals surface area contributed by atoms with Crippen molar-refractivity contribution in [2.45, 2.75) is 128 Å². The lowest BCUT2D eigenvalue weighted by Gasteiger charge is -2.33. The number of nitrogens with one attached hydrogen (secondary N) is 4. The largest absolute Gasteiger partial charge is 0.490 e. The van der Waals surface area contributed by atoms with Crippen molar-refractivity contribution < 1.29 is 33.4 Å². The Balaban J connectivity index is 1.23. The zero-order chi connectivity index (χ0) is 40.2. The molecule has 11 nitrogen and oxygen atoms in total. The molecule has 3 aromatic carbocycles. The second-order valence-corrected chi connectivity index (χ2v) is 16.4. The summed E-state index contributed by atoms with van der Waals surface area (Å²) in [5.74, 6) is 1.03. The van der Waals surface area contributed by atoms with Crippen molar-refractivity contribution in [1.82, 2.24) is 21.3 Å². The lowest BCUT2D eigenvalue weighted by atomic mass is 9.83. The van der Waals surface area contributed by atoms with Crippen LogP contribution >= 0.6 is 0 Å². The number of ether oxygens (including phenoxy) is 3. The fourth-order valence-corrected chi connectivity index (χ4v) is 8.27. The molecule has 2 saturated carbocycles. The lowest BCUT2D eigenvalue weighted by Crippen LogP contribution is -2.52. The first-order chi connectivity index (χ1) is 27.6. The van der Waals surface area contributed by atoms with Gasteiger partial charge in [-0.1, -0.05) is 86.7 Å². The number of hydrogen-bond acceptors (Lipinski definition) is 7. The average Bonchev–Trinajstić information content (AvgIpc) is 3.21. The van der Waals surface area contributed by atoms with E-state index in [9.17, 15) is 19.2 Å². The van der Waals surface area contributed by atoms with Gasteiger partial charge in [-0.25, -0.2) is 0 Å². The molecule has 0 radical (unpaired) electrons. The number of para-hydroxylation sites is 1. The van der Waals surface area contributed by atoms with Crippen molar-refractivity contribution in [3.63, 3.8) is 0 Å². The molecule has 6 aliphatic rings. The van der Waals surface area contributed by atoms with Crippen LogP contribution in [0.4, 0.5) is 0 Å². The molecule has 2 fully saturated rings. The first kappa shape index (κ1) is 41.6. The highest BCUT2D eigenvalue weighted by atomic mass is 16.5. The first-order valence-electron chi connectivity index (χ1n) is 21.0. The summed E-state index contributed by atoms with van der Waals surface area (Å²) in [7, 11) is 0. The van der Waals surface area contributed by atoms with Crippen molar-refractivity contribution in [3.05, 3.63) is 89.5 Å². The molecule has 0 spiro atoms. The molecule has 2 atom stereocenters. The van der Waals surface area contributed by atoms with E-state index in [1.165, 1.54) is 6.42 Å². The molecule has 4 heterocycles. The Bertz CT molecular complexity index is 1800. The van der Waals surface area contributed by atoms with Crippen LogP contribution in [0, 0.1) is 11.8 Å². The maximum Gasteiger partial charge on any atom is 0.263 e. The first-order valence-corrected chi connectivity index (χ1v) is 21.0. The van der Waals surface area contributed by atoms with E-state index in [1.54, 1.807) is 13.8 Å². The monoisotopic (exact) mass is 780 g/mol. The second-order valence-electron chi connectivity index (χ2n) is 16.4. The molecule has 0 aromatic heterocycles. The third-order valence-corrected chi connectivity index (χ3v) is 11.6. The maximum atomic E-state index is 14.1. The average molecular weight is 781 g/mol. The quantitative estimate of drug-likeness (QED) is 0.221. The summed E-state index contributed by atoms with van der Waals surface area (Å²) < 4.78 is 18.6. The van der Waals surface area contributed by atoms with Crippen LogP contribution in [0.2, 0.25) is 0 Å². The molecule has 9 rings (SSSR count). The fraction of sp³-hybridized carbons (Fsp3) is 0.522. The third kappa shape index (κ3) is 11.7. The summed E-state index contributed by atoms with van der Waals surface area (Å²) >= 11 is 0. The smallest absolute Gasteiger partial charge is 0.263 e. The Morgan fingerprint density at radius 3 is 2.23 bits per heavy atom. The minimum absolute atomic E-state index is 0.0645. The van der Waals surface area contributed by atoms with Gasteiger partial charge >= 0.3 is 0 Å². The van der Waals surface area contributed by atoms with Gasteiger partial charge < -0.3 is 35.5 Å². The third-order valence-electron chi connectivity index (χ3n) is 11.6. The molecule has 306 valence electrons. The highest BCUT2D eigenvalue weighted by Gasteiger charge is 2.36. The SMILES string of the molecule is CCOc1cccc2c1OC(C)(C)C(=O)NC1CCC(CC1)CC(=O)N[C@@H](c1ccccc1)C(=O)N[C@H](CC1CCCCC1)C(=O)NCCc1ccc(cc1)OC2. The highest BCUT2D eigenvalue weighted by molar-refractivity contribution is 5.93. The van der Waals surface area contributed by atoms with Crippen LogP contribution in [0.15, 0.2) is 72.8 Å². The molecular formula is C46H60N4O7. The van der Waals surface area contributed by atoms with E-state index in [2.05, 4.69) is 21.3 Å². The number of carbonyl (C=O) groups excluding carboxylic acids is 4. The molecule has 3 aromatic rings. The van der Waals surface area contributed by atoms with Crippen LogP contribution in [-0.2, 0) is 32.2 Å². The van der Waals surface area contributed by atoms with Crippen LogP contribution < -0.4 is 35.5 Å². The summed E-state index contributed by atoms with van der Waals surface area (Å²) in [6, 6.07) is 20.8. The Kier molecular flexibility index (Phi) is 14.5. The van der Waals surface area contributed by atoms with Crippen LogP contribution in [0.5, 0.6) is 17.2 Å². The Labute approximate surface area is 337 Å². The van der Waals surface area contributed by atoms with Gasteiger partial charge in [0.25, 0.3) is 5.91 Å². The van der Waals surface area contributed by atoms with Crippen molar-refractivity contribution in [3.8, 4) is 17.2 Å². The Morgan fingerprint density at radius 1 is 0.772 bits per heavy atom. The van der Waals surface area contributed by atoms with E-state index in [0.717, 1.165) is 49.7 Å². The summed E-state index contributed by atoms with van der Waals surface area (Å²) in [5, 5.41) is 12.4. The van der Waals surface area contributed by atoms with Gasteiger partial charge in [0.2, 0.25) is 17.7 Å². The molecule has 4 bridgehead atoms. The van der Waals surface area contributed by atoms with Crippen molar-refractivity contribution >= 4 is 23.6 Å². The topological polar surface area (TPSA) is 144 Å². The van der Waals surface area contributed by atoms with Gasteiger partial charge in [-0.2, -0.15) is 0 Å². The molecule has 4 N–H and O–H groups in total. The number of amides is 4. The van der Waals surface area contributed by atoms with Crippen molar-refractivity contribution in [2.75, 3.05) is 13.2 Å². The lowest BCUT2D eigenvalue weighted by molar-refractivity contribution is -0.135. The molecule has 0 unspecified atom stereocenters. The van der Waals surface area contributed by atoms with Gasteiger partial charge in [0, 0.05) is 24.6 Å². The molecule has 4 aliphatic heterocycles. The van der Waals surface area contributed by atoms with Crippen LogP contribution in [0.25, 0.3) is 0 Å².